The highest BCUT2D eigenvalue weighted by atomic mass is 79.9. The van der Waals surface area contributed by atoms with Gasteiger partial charge >= 0.3 is 5.97 Å². The number of rotatable bonds is 11. The molecule has 0 fully saturated rings. The highest BCUT2D eigenvalue weighted by Crippen LogP contribution is 2.31. The van der Waals surface area contributed by atoms with E-state index in [4.69, 9.17) is 25.8 Å². The second kappa shape index (κ2) is 13.7. The quantitative estimate of drug-likeness (QED) is 0.248. The molecule has 0 aliphatic rings. The Balaban J connectivity index is 1.34. The molecule has 0 bridgehead atoms. The zero-order chi connectivity index (χ0) is 26.8. The van der Waals surface area contributed by atoms with Crippen LogP contribution in [0.3, 0.4) is 0 Å². The maximum atomic E-state index is 12.2. The third kappa shape index (κ3) is 8.80. The number of esters is 1. The number of hydrogen-bond acceptors (Lipinski definition) is 6. The Morgan fingerprint density at radius 2 is 1.46 bits per heavy atom. The fourth-order valence-electron chi connectivity index (χ4n) is 3.19. The second-order valence-corrected chi connectivity index (χ2v) is 9.18. The van der Waals surface area contributed by atoms with E-state index in [1.165, 1.54) is 0 Å². The molecule has 2 N–H and O–H groups in total. The number of benzene rings is 3. The molecular weight excluding hydrogens is 564 g/mol. The minimum Gasteiger partial charge on any atom is -0.497 e. The number of carbonyl (C=O) groups excluding carboxylic acids is 3. The van der Waals surface area contributed by atoms with Crippen LogP contribution in [0.25, 0.3) is 0 Å². The van der Waals surface area contributed by atoms with Crippen LogP contribution in [0.15, 0.2) is 65.1 Å². The molecule has 0 spiro atoms. The summed E-state index contributed by atoms with van der Waals surface area (Å²) in [6.07, 6.45) is 0.423. The van der Waals surface area contributed by atoms with E-state index in [-0.39, 0.29) is 25.2 Å². The molecule has 0 heterocycles. The van der Waals surface area contributed by atoms with Gasteiger partial charge in [-0.3, -0.25) is 14.4 Å². The summed E-state index contributed by atoms with van der Waals surface area (Å²) in [4.78, 5) is 36.2. The molecular formula is C27H26BrClN2O6. The monoisotopic (exact) mass is 588 g/mol. The van der Waals surface area contributed by atoms with Gasteiger partial charge in [0.2, 0.25) is 5.91 Å². The van der Waals surface area contributed by atoms with Crippen molar-refractivity contribution in [3.8, 4) is 17.2 Å². The first-order valence-electron chi connectivity index (χ1n) is 11.4. The van der Waals surface area contributed by atoms with Crippen molar-refractivity contribution in [2.24, 2.45) is 0 Å². The van der Waals surface area contributed by atoms with E-state index in [1.807, 2.05) is 0 Å². The maximum absolute atomic E-state index is 12.2. The molecule has 0 radical (unpaired) electrons. The Labute approximate surface area is 228 Å². The lowest BCUT2D eigenvalue weighted by Crippen LogP contribution is -2.21. The minimum absolute atomic E-state index is 0.0124. The van der Waals surface area contributed by atoms with E-state index < -0.39 is 18.5 Å². The summed E-state index contributed by atoms with van der Waals surface area (Å²) in [7, 11) is 1.60. The average Bonchev–Trinajstić information content (AvgIpc) is 2.89. The standard InChI is InChI=1S/C27H26BrClN2O6/c1-17-23(15-14-22(28)27(17)29)31-25(33)16-36-26(34)5-3-4-24(32)30-18-6-8-20(9-7-18)37-21-12-10-19(35-2)11-13-21/h6-15H,3-5,16H2,1-2H3,(H,30,32)(H,31,33). The molecule has 3 aromatic rings. The number of methoxy groups -OCH3 is 1. The molecule has 10 heteroatoms. The molecule has 194 valence electrons. The van der Waals surface area contributed by atoms with E-state index in [0.29, 0.717) is 33.5 Å². The van der Waals surface area contributed by atoms with Gasteiger partial charge in [-0.2, -0.15) is 0 Å². The van der Waals surface area contributed by atoms with Gasteiger partial charge in [0, 0.05) is 28.7 Å². The maximum Gasteiger partial charge on any atom is 0.306 e. The molecule has 0 saturated carbocycles. The third-order valence-corrected chi connectivity index (χ3v) is 6.57. The van der Waals surface area contributed by atoms with E-state index >= 15 is 0 Å². The van der Waals surface area contributed by atoms with Gasteiger partial charge in [0.05, 0.1) is 12.1 Å². The van der Waals surface area contributed by atoms with Gasteiger partial charge in [-0.05, 0) is 95.5 Å². The van der Waals surface area contributed by atoms with Crippen molar-refractivity contribution < 1.29 is 28.6 Å². The van der Waals surface area contributed by atoms with Crippen molar-refractivity contribution in [3.05, 3.63) is 75.7 Å². The predicted molar refractivity (Wildman–Crippen MR) is 145 cm³/mol. The normalized spacial score (nSPS) is 10.4. The Hall–Kier alpha value is -3.56. The average molecular weight is 590 g/mol. The summed E-state index contributed by atoms with van der Waals surface area (Å²) in [5.41, 5.74) is 1.84. The Bertz CT molecular complexity index is 1250. The largest absolute Gasteiger partial charge is 0.497 e. The van der Waals surface area contributed by atoms with Crippen molar-refractivity contribution in [2.45, 2.75) is 26.2 Å². The van der Waals surface area contributed by atoms with Crippen LogP contribution < -0.4 is 20.1 Å². The molecule has 37 heavy (non-hydrogen) atoms. The van der Waals surface area contributed by atoms with Gasteiger partial charge in [0.15, 0.2) is 6.61 Å². The van der Waals surface area contributed by atoms with Crippen LogP contribution in [0.1, 0.15) is 24.8 Å². The van der Waals surface area contributed by atoms with Gasteiger partial charge in [0.1, 0.15) is 17.2 Å². The van der Waals surface area contributed by atoms with Crippen molar-refractivity contribution >= 4 is 56.7 Å². The Morgan fingerprint density at radius 1 is 0.838 bits per heavy atom. The van der Waals surface area contributed by atoms with Gasteiger partial charge in [-0.15, -0.1) is 0 Å². The topological polar surface area (TPSA) is 103 Å². The lowest BCUT2D eigenvalue weighted by atomic mass is 10.2. The molecule has 3 rings (SSSR count). The summed E-state index contributed by atoms with van der Waals surface area (Å²) in [5, 5.41) is 5.92. The molecule has 0 aromatic heterocycles. The summed E-state index contributed by atoms with van der Waals surface area (Å²) < 4.78 is 16.6. The number of hydrogen-bond donors (Lipinski definition) is 2. The van der Waals surface area contributed by atoms with Crippen LogP contribution >= 0.6 is 27.5 Å². The number of ether oxygens (including phenoxy) is 3. The predicted octanol–water partition coefficient (Wildman–Crippen LogP) is 6.50. The minimum atomic E-state index is -0.562. The lowest BCUT2D eigenvalue weighted by Gasteiger charge is -2.11. The molecule has 3 aromatic carbocycles. The highest BCUT2D eigenvalue weighted by molar-refractivity contribution is 9.10. The van der Waals surface area contributed by atoms with Crippen LogP contribution in [-0.4, -0.2) is 31.5 Å². The van der Waals surface area contributed by atoms with Crippen LogP contribution in [-0.2, 0) is 19.1 Å². The SMILES string of the molecule is COc1ccc(Oc2ccc(NC(=O)CCCC(=O)OCC(=O)Nc3ccc(Br)c(Cl)c3C)cc2)cc1. The van der Waals surface area contributed by atoms with Crippen LogP contribution in [0.2, 0.25) is 5.02 Å². The molecule has 0 aliphatic carbocycles. The van der Waals surface area contributed by atoms with E-state index in [2.05, 4.69) is 26.6 Å². The Morgan fingerprint density at radius 3 is 2.11 bits per heavy atom. The zero-order valence-electron chi connectivity index (χ0n) is 20.3. The zero-order valence-corrected chi connectivity index (χ0v) is 22.6. The first-order chi connectivity index (χ1) is 17.7. The van der Waals surface area contributed by atoms with Crippen molar-refractivity contribution in [2.75, 3.05) is 24.4 Å². The number of amides is 2. The fraction of sp³-hybridized carbons (Fsp3) is 0.222. The molecule has 0 aliphatic heterocycles. The fourth-order valence-corrected chi connectivity index (χ4v) is 3.79. The lowest BCUT2D eigenvalue weighted by molar-refractivity contribution is -0.147. The Kier molecular flexibility index (Phi) is 10.3. The first kappa shape index (κ1) is 28.0. The van der Waals surface area contributed by atoms with E-state index in [1.54, 1.807) is 74.7 Å². The van der Waals surface area contributed by atoms with Crippen molar-refractivity contribution in [3.63, 3.8) is 0 Å². The van der Waals surface area contributed by atoms with Crippen LogP contribution in [0, 0.1) is 6.92 Å². The summed E-state index contributed by atoms with van der Waals surface area (Å²) in [6, 6.07) is 17.5. The van der Waals surface area contributed by atoms with Crippen LogP contribution in [0.5, 0.6) is 17.2 Å². The van der Waals surface area contributed by atoms with Gasteiger partial charge in [-0.25, -0.2) is 0 Å². The third-order valence-electron chi connectivity index (χ3n) is 5.20. The molecule has 2 amide bonds. The van der Waals surface area contributed by atoms with Gasteiger partial charge in [-0.1, -0.05) is 11.6 Å². The smallest absolute Gasteiger partial charge is 0.306 e. The summed E-state index contributed by atoms with van der Waals surface area (Å²) >= 11 is 9.46. The van der Waals surface area contributed by atoms with Crippen LogP contribution in [0.4, 0.5) is 11.4 Å². The van der Waals surface area contributed by atoms with Gasteiger partial charge < -0.3 is 24.8 Å². The summed E-state index contributed by atoms with van der Waals surface area (Å²) in [5.74, 6) is 0.738. The van der Waals surface area contributed by atoms with Gasteiger partial charge in [0.25, 0.3) is 5.91 Å². The van der Waals surface area contributed by atoms with Crippen molar-refractivity contribution in [1.29, 1.82) is 0 Å². The second-order valence-electron chi connectivity index (χ2n) is 7.95. The van der Waals surface area contributed by atoms with Crippen molar-refractivity contribution in [1.82, 2.24) is 0 Å². The number of nitrogens with one attached hydrogen (secondary N) is 2. The first-order valence-corrected chi connectivity index (χ1v) is 12.5. The number of anilines is 2. The molecule has 0 saturated heterocycles. The molecule has 8 nitrogen and oxygen atoms in total. The highest BCUT2D eigenvalue weighted by Gasteiger charge is 2.12. The molecule has 0 unspecified atom stereocenters. The summed E-state index contributed by atoms with van der Waals surface area (Å²) in [6.45, 7) is 1.34. The van der Waals surface area contributed by atoms with E-state index in [0.717, 1.165) is 10.2 Å². The number of carbonyl (C=O) groups is 3. The van der Waals surface area contributed by atoms with E-state index in [9.17, 15) is 14.4 Å². The molecule has 0 atom stereocenters. The number of halogens is 2.